The predicted molar refractivity (Wildman–Crippen MR) is 102 cm³/mol. The highest BCUT2D eigenvalue weighted by molar-refractivity contribution is 7.22. The Kier molecular flexibility index (Phi) is 3.54. The molecule has 128 valence electrons. The van der Waals surface area contributed by atoms with Crippen molar-refractivity contribution in [1.82, 2.24) is 10.3 Å². The summed E-state index contributed by atoms with van der Waals surface area (Å²) in [4.78, 5) is 18.8. The summed E-state index contributed by atoms with van der Waals surface area (Å²) in [5.74, 6) is 7.27. The molecule has 1 saturated heterocycles. The van der Waals surface area contributed by atoms with Crippen LogP contribution in [0.25, 0.3) is 10.2 Å². The average molecular weight is 361 g/mol. The molecule has 1 fully saturated rings. The van der Waals surface area contributed by atoms with Crippen molar-refractivity contribution >= 4 is 32.7 Å². The Morgan fingerprint density at radius 2 is 2.12 bits per heavy atom. The van der Waals surface area contributed by atoms with Crippen molar-refractivity contribution in [3.63, 3.8) is 0 Å². The summed E-state index contributed by atoms with van der Waals surface area (Å²) in [6.07, 6.45) is 0.860. The van der Waals surface area contributed by atoms with E-state index < -0.39 is 0 Å². The second-order valence-corrected chi connectivity index (χ2v) is 7.20. The summed E-state index contributed by atoms with van der Waals surface area (Å²) in [5.41, 5.74) is 3.01. The van der Waals surface area contributed by atoms with Crippen molar-refractivity contribution in [2.45, 2.75) is 12.5 Å². The largest absolute Gasteiger partial charge is 0.493 e. The monoisotopic (exact) mass is 361 g/mol. The summed E-state index contributed by atoms with van der Waals surface area (Å²) < 4.78 is 6.69. The quantitative estimate of drug-likeness (QED) is 0.678. The van der Waals surface area contributed by atoms with Crippen LogP contribution in [0.5, 0.6) is 5.75 Å². The Morgan fingerprint density at radius 1 is 1.23 bits per heavy atom. The second-order valence-electron chi connectivity index (χ2n) is 6.19. The normalized spacial score (nSPS) is 18.2. The van der Waals surface area contributed by atoms with Gasteiger partial charge in [-0.3, -0.25) is 4.90 Å². The van der Waals surface area contributed by atoms with E-state index in [0.29, 0.717) is 18.3 Å². The highest BCUT2D eigenvalue weighted by Gasteiger charge is 2.33. The fourth-order valence-electron chi connectivity index (χ4n) is 3.29. The van der Waals surface area contributed by atoms with Gasteiger partial charge in [0.2, 0.25) is 0 Å². The first-order valence-electron chi connectivity index (χ1n) is 8.48. The molecule has 0 aliphatic carbocycles. The fraction of sp³-hybridized carbons (Fsp3) is 0.200. The number of hydrogen-bond donors (Lipinski definition) is 1. The first kappa shape index (κ1) is 15.2. The molecule has 0 spiro atoms. The maximum Gasteiger partial charge on any atom is 0.324 e. The van der Waals surface area contributed by atoms with Gasteiger partial charge in [-0.05, 0) is 24.3 Å². The van der Waals surface area contributed by atoms with E-state index in [0.717, 1.165) is 33.5 Å². The van der Waals surface area contributed by atoms with Gasteiger partial charge in [-0.25, -0.2) is 9.78 Å². The molecule has 2 aliphatic heterocycles. The summed E-state index contributed by atoms with van der Waals surface area (Å²) in [5, 5.41) is 3.56. The van der Waals surface area contributed by atoms with Gasteiger partial charge in [0.25, 0.3) is 0 Å². The van der Waals surface area contributed by atoms with Crippen LogP contribution in [-0.4, -0.2) is 30.2 Å². The second kappa shape index (κ2) is 6.04. The number of hydrogen-bond acceptors (Lipinski definition) is 4. The maximum atomic E-state index is 12.4. The average Bonchev–Trinajstić information content (AvgIpc) is 3.37. The smallest absolute Gasteiger partial charge is 0.324 e. The van der Waals surface area contributed by atoms with E-state index in [2.05, 4.69) is 17.2 Å². The molecular weight excluding hydrogens is 346 g/mol. The summed E-state index contributed by atoms with van der Waals surface area (Å²) in [6.45, 7) is 1.19. The summed E-state index contributed by atoms with van der Waals surface area (Å²) in [7, 11) is 0. The molecule has 0 saturated carbocycles. The van der Waals surface area contributed by atoms with Crippen molar-refractivity contribution in [3.8, 4) is 17.6 Å². The lowest BCUT2D eigenvalue weighted by Gasteiger charge is -2.14. The molecule has 5 rings (SSSR count). The molecule has 2 aliphatic rings. The number of carbonyl (C=O) groups is 1. The minimum atomic E-state index is -0.229. The van der Waals surface area contributed by atoms with Crippen molar-refractivity contribution in [2.24, 2.45) is 0 Å². The van der Waals surface area contributed by atoms with E-state index >= 15 is 0 Å². The molecular formula is C20H15N3O2S. The minimum Gasteiger partial charge on any atom is -0.493 e. The number of aromatic nitrogens is 1. The summed E-state index contributed by atoms with van der Waals surface area (Å²) >= 11 is 1.52. The molecule has 3 aromatic rings. The Bertz CT molecular complexity index is 1070. The number of carbonyl (C=O) groups excluding carboxylic acids is 1. The molecule has 0 radical (unpaired) electrons. The highest BCUT2D eigenvalue weighted by atomic mass is 32.1. The zero-order valence-electron chi connectivity index (χ0n) is 13.9. The Morgan fingerprint density at radius 3 is 3.00 bits per heavy atom. The third-order valence-electron chi connectivity index (χ3n) is 4.56. The van der Waals surface area contributed by atoms with Gasteiger partial charge in [0.15, 0.2) is 5.13 Å². The minimum absolute atomic E-state index is 0.149. The number of thiazole rings is 1. The Labute approximate surface area is 154 Å². The van der Waals surface area contributed by atoms with E-state index in [1.807, 2.05) is 42.5 Å². The molecule has 26 heavy (non-hydrogen) atoms. The van der Waals surface area contributed by atoms with Crippen LogP contribution in [0, 0.1) is 11.8 Å². The SMILES string of the molecule is O=C1NCC(C#Cc2ccccc2)N1c1nc2c3c(ccc2s1)OCC3. The lowest BCUT2D eigenvalue weighted by molar-refractivity contribution is 0.252. The molecule has 3 heterocycles. The van der Waals surface area contributed by atoms with E-state index in [1.165, 1.54) is 11.3 Å². The third kappa shape index (κ3) is 2.49. The van der Waals surface area contributed by atoms with Gasteiger partial charge < -0.3 is 10.1 Å². The van der Waals surface area contributed by atoms with Crippen LogP contribution in [0.2, 0.25) is 0 Å². The Balaban J connectivity index is 1.52. The summed E-state index contributed by atoms with van der Waals surface area (Å²) in [6, 6.07) is 13.4. The molecule has 2 aromatic carbocycles. The lowest BCUT2D eigenvalue weighted by Crippen LogP contribution is -2.33. The molecule has 5 nitrogen and oxygen atoms in total. The number of ether oxygens (including phenoxy) is 1. The standard InChI is InChI=1S/C20H15N3O2S/c24-19-21-12-14(7-6-13-4-2-1-3-5-13)23(19)20-22-18-15-10-11-25-16(15)8-9-17(18)26-20/h1-5,8-9,14H,10-12H2,(H,21,24). The number of fused-ring (bicyclic) bond motifs is 3. The van der Waals surface area contributed by atoms with Gasteiger partial charge in [-0.2, -0.15) is 0 Å². The van der Waals surface area contributed by atoms with Crippen LogP contribution >= 0.6 is 11.3 Å². The fourth-order valence-corrected chi connectivity index (χ4v) is 4.33. The molecule has 2 amide bonds. The molecule has 1 atom stereocenters. The predicted octanol–water partition coefficient (Wildman–Crippen LogP) is 3.18. The first-order valence-corrected chi connectivity index (χ1v) is 9.30. The van der Waals surface area contributed by atoms with Crippen molar-refractivity contribution in [1.29, 1.82) is 0 Å². The van der Waals surface area contributed by atoms with Crippen LogP contribution in [0.4, 0.5) is 9.93 Å². The highest BCUT2D eigenvalue weighted by Crippen LogP contribution is 2.38. The van der Waals surface area contributed by atoms with Gasteiger partial charge in [-0.15, -0.1) is 0 Å². The Hall–Kier alpha value is -3.04. The van der Waals surface area contributed by atoms with Crippen molar-refractivity contribution < 1.29 is 9.53 Å². The maximum absolute atomic E-state index is 12.4. The van der Waals surface area contributed by atoms with E-state index in [9.17, 15) is 4.79 Å². The molecule has 1 unspecified atom stereocenters. The van der Waals surface area contributed by atoms with E-state index in [1.54, 1.807) is 4.90 Å². The van der Waals surface area contributed by atoms with Crippen LogP contribution in [0.3, 0.4) is 0 Å². The first-order chi connectivity index (χ1) is 12.8. The number of nitrogens with zero attached hydrogens (tertiary/aromatic N) is 2. The number of rotatable bonds is 1. The van der Waals surface area contributed by atoms with E-state index in [4.69, 9.17) is 9.72 Å². The van der Waals surface area contributed by atoms with Gasteiger partial charge in [0, 0.05) is 17.5 Å². The van der Waals surface area contributed by atoms with Crippen molar-refractivity contribution in [2.75, 3.05) is 18.1 Å². The number of benzene rings is 2. The third-order valence-corrected chi connectivity index (χ3v) is 5.58. The van der Waals surface area contributed by atoms with Crippen LogP contribution in [0.1, 0.15) is 11.1 Å². The topological polar surface area (TPSA) is 54.5 Å². The van der Waals surface area contributed by atoms with Crippen LogP contribution in [0.15, 0.2) is 42.5 Å². The molecule has 6 heteroatoms. The number of amides is 2. The number of nitrogens with one attached hydrogen (secondary N) is 1. The van der Waals surface area contributed by atoms with Crippen molar-refractivity contribution in [3.05, 3.63) is 53.6 Å². The van der Waals surface area contributed by atoms with Gasteiger partial charge in [0.05, 0.1) is 23.4 Å². The molecule has 1 aromatic heterocycles. The van der Waals surface area contributed by atoms with E-state index in [-0.39, 0.29) is 12.1 Å². The molecule has 0 bridgehead atoms. The van der Waals surface area contributed by atoms with Crippen LogP contribution in [-0.2, 0) is 6.42 Å². The van der Waals surface area contributed by atoms with Gasteiger partial charge in [-0.1, -0.05) is 41.4 Å². The zero-order chi connectivity index (χ0) is 17.5. The van der Waals surface area contributed by atoms with Gasteiger partial charge in [0.1, 0.15) is 11.8 Å². The molecule has 1 N–H and O–H groups in total. The lowest BCUT2D eigenvalue weighted by atomic mass is 10.1. The number of urea groups is 1. The number of anilines is 1. The zero-order valence-corrected chi connectivity index (χ0v) is 14.7. The van der Waals surface area contributed by atoms with Crippen LogP contribution < -0.4 is 15.0 Å². The van der Waals surface area contributed by atoms with Gasteiger partial charge >= 0.3 is 6.03 Å².